The summed E-state index contributed by atoms with van der Waals surface area (Å²) in [6.45, 7) is 0. The van der Waals surface area contributed by atoms with Crippen molar-refractivity contribution in [2.45, 2.75) is 31.1 Å². The first kappa shape index (κ1) is 10.9. The second-order valence-electron chi connectivity index (χ2n) is 4.57. The van der Waals surface area contributed by atoms with Gasteiger partial charge in [-0.25, -0.2) is 13.8 Å². The maximum absolute atomic E-state index is 13.2. The number of anilines is 1. The van der Waals surface area contributed by atoms with E-state index in [4.69, 9.17) is 5.73 Å². The minimum Gasteiger partial charge on any atom is -0.399 e. The van der Waals surface area contributed by atoms with Crippen LogP contribution in [0.5, 0.6) is 0 Å². The molecule has 0 amide bonds. The molecule has 1 aliphatic carbocycles. The Balaban J connectivity index is 1.96. The van der Waals surface area contributed by atoms with E-state index < -0.39 is 5.92 Å². The molecule has 1 fully saturated rings. The largest absolute Gasteiger partial charge is 0.399 e. The number of benzene rings is 1. The van der Waals surface area contributed by atoms with Gasteiger partial charge in [0.05, 0.1) is 15.2 Å². The molecule has 1 aromatic heterocycles. The summed E-state index contributed by atoms with van der Waals surface area (Å²) in [4.78, 5) is 4.43. The Morgan fingerprint density at radius 2 is 2.24 bits per heavy atom. The molecule has 1 atom stereocenters. The molecule has 1 unspecified atom stereocenters. The van der Waals surface area contributed by atoms with Gasteiger partial charge in [-0.3, -0.25) is 0 Å². The SMILES string of the molecule is Nc1ccc2nc(C3CCC(F)(F)C3)sc2c1. The van der Waals surface area contributed by atoms with Crippen molar-refractivity contribution >= 4 is 27.2 Å². The van der Waals surface area contributed by atoms with E-state index in [9.17, 15) is 8.78 Å². The van der Waals surface area contributed by atoms with Crippen molar-refractivity contribution in [3.8, 4) is 0 Å². The number of aromatic nitrogens is 1. The second kappa shape index (κ2) is 3.63. The number of fused-ring (bicyclic) bond motifs is 1. The Kier molecular flexibility index (Phi) is 2.33. The van der Waals surface area contributed by atoms with Crippen LogP contribution in [0.4, 0.5) is 14.5 Å². The van der Waals surface area contributed by atoms with Crippen LogP contribution < -0.4 is 5.73 Å². The number of thiazole rings is 1. The van der Waals surface area contributed by atoms with E-state index in [0.717, 1.165) is 15.2 Å². The third kappa shape index (κ3) is 1.99. The molecule has 2 aromatic rings. The van der Waals surface area contributed by atoms with E-state index in [2.05, 4.69) is 4.98 Å². The smallest absolute Gasteiger partial charge is 0.248 e. The summed E-state index contributed by atoms with van der Waals surface area (Å²) < 4.78 is 27.3. The van der Waals surface area contributed by atoms with Crippen LogP contribution in [0, 0.1) is 0 Å². The molecule has 0 aliphatic heterocycles. The third-order valence-corrected chi connectivity index (χ3v) is 4.36. The standard InChI is InChI=1S/C12H12F2N2S/c13-12(14)4-3-7(6-12)11-16-9-2-1-8(15)5-10(9)17-11/h1-2,5,7H,3-4,6,15H2. The van der Waals surface area contributed by atoms with Crippen molar-refractivity contribution in [1.29, 1.82) is 0 Å². The number of nitrogens with two attached hydrogens (primary N) is 1. The van der Waals surface area contributed by atoms with Gasteiger partial charge in [0.15, 0.2) is 0 Å². The number of nitrogens with zero attached hydrogens (tertiary/aromatic N) is 1. The van der Waals surface area contributed by atoms with Gasteiger partial charge in [0.1, 0.15) is 0 Å². The Morgan fingerprint density at radius 1 is 1.41 bits per heavy atom. The van der Waals surface area contributed by atoms with E-state index >= 15 is 0 Å². The van der Waals surface area contributed by atoms with Gasteiger partial charge in [-0.1, -0.05) is 0 Å². The average Bonchev–Trinajstić information content (AvgIpc) is 2.80. The van der Waals surface area contributed by atoms with Crippen LogP contribution in [-0.2, 0) is 0 Å². The monoisotopic (exact) mass is 254 g/mol. The lowest BCUT2D eigenvalue weighted by molar-refractivity contribution is 0.00777. The number of hydrogen-bond acceptors (Lipinski definition) is 3. The van der Waals surface area contributed by atoms with Crippen molar-refractivity contribution in [2.75, 3.05) is 5.73 Å². The van der Waals surface area contributed by atoms with Gasteiger partial charge < -0.3 is 5.73 Å². The fourth-order valence-corrected chi connectivity index (χ4v) is 3.44. The summed E-state index contributed by atoms with van der Waals surface area (Å²) in [6, 6.07) is 5.48. The van der Waals surface area contributed by atoms with Crippen LogP contribution in [0.25, 0.3) is 10.2 Å². The Morgan fingerprint density at radius 3 is 2.94 bits per heavy atom. The molecule has 17 heavy (non-hydrogen) atoms. The zero-order valence-electron chi connectivity index (χ0n) is 9.12. The van der Waals surface area contributed by atoms with Crippen LogP contribution in [0.3, 0.4) is 0 Å². The van der Waals surface area contributed by atoms with Crippen molar-refractivity contribution in [1.82, 2.24) is 4.98 Å². The topological polar surface area (TPSA) is 38.9 Å². The lowest BCUT2D eigenvalue weighted by Gasteiger charge is -2.07. The summed E-state index contributed by atoms with van der Waals surface area (Å²) in [5, 5.41) is 0.822. The maximum atomic E-state index is 13.2. The molecule has 0 saturated heterocycles. The van der Waals surface area contributed by atoms with Crippen molar-refractivity contribution in [3.05, 3.63) is 23.2 Å². The summed E-state index contributed by atoms with van der Waals surface area (Å²) in [6.07, 6.45) is 0.445. The van der Waals surface area contributed by atoms with Crippen LogP contribution in [0.2, 0.25) is 0 Å². The van der Waals surface area contributed by atoms with Gasteiger partial charge in [-0.15, -0.1) is 11.3 Å². The molecular weight excluding hydrogens is 242 g/mol. The minimum atomic E-state index is -2.51. The summed E-state index contributed by atoms with van der Waals surface area (Å²) in [5.41, 5.74) is 7.23. The zero-order valence-corrected chi connectivity index (χ0v) is 9.94. The highest BCUT2D eigenvalue weighted by Gasteiger charge is 2.41. The van der Waals surface area contributed by atoms with E-state index in [-0.39, 0.29) is 18.8 Å². The molecule has 1 aromatic carbocycles. The van der Waals surface area contributed by atoms with Gasteiger partial charge in [0, 0.05) is 24.4 Å². The normalized spacial score (nSPS) is 23.3. The molecule has 1 saturated carbocycles. The van der Waals surface area contributed by atoms with Crippen LogP contribution in [0.1, 0.15) is 30.2 Å². The summed E-state index contributed by atoms with van der Waals surface area (Å²) >= 11 is 1.48. The molecular formula is C12H12F2N2S. The number of hydrogen-bond donors (Lipinski definition) is 1. The quantitative estimate of drug-likeness (QED) is 0.786. The zero-order chi connectivity index (χ0) is 12.0. The van der Waals surface area contributed by atoms with E-state index in [1.54, 1.807) is 6.07 Å². The van der Waals surface area contributed by atoms with Gasteiger partial charge in [0.25, 0.3) is 0 Å². The van der Waals surface area contributed by atoms with Crippen LogP contribution in [-0.4, -0.2) is 10.9 Å². The molecule has 2 N–H and O–H groups in total. The summed E-state index contributed by atoms with van der Waals surface area (Å²) in [5.74, 6) is -2.61. The highest BCUT2D eigenvalue weighted by molar-refractivity contribution is 7.18. The highest BCUT2D eigenvalue weighted by Crippen LogP contribution is 2.45. The molecule has 1 aliphatic rings. The first-order valence-corrected chi connectivity index (χ1v) is 6.39. The maximum Gasteiger partial charge on any atom is 0.248 e. The van der Waals surface area contributed by atoms with E-state index in [1.807, 2.05) is 12.1 Å². The number of rotatable bonds is 1. The molecule has 0 spiro atoms. The van der Waals surface area contributed by atoms with Gasteiger partial charge >= 0.3 is 0 Å². The van der Waals surface area contributed by atoms with Gasteiger partial charge in [-0.05, 0) is 24.6 Å². The molecule has 0 radical (unpaired) electrons. The lowest BCUT2D eigenvalue weighted by atomic mass is 10.1. The number of nitrogen functional groups attached to an aromatic ring is 1. The fourth-order valence-electron chi connectivity index (χ4n) is 2.29. The molecule has 3 rings (SSSR count). The third-order valence-electron chi connectivity index (χ3n) is 3.18. The van der Waals surface area contributed by atoms with Crippen LogP contribution >= 0.6 is 11.3 Å². The fraction of sp³-hybridized carbons (Fsp3) is 0.417. The molecule has 90 valence electrons. The van der Waals surface area contributed by atoms with Crippen molar-refractivity contribution in [2.24, 2.45) is 0 Å². The molecule has 0 bridgehead atoms. The predicted octanol–water partition coefficient (Wildman–Crippen LogP) is 3.78. The molecule has 5 heteroatoms. The van der Waals surface area contributed by atoms with Crippen molar-refractivity contribution < 1.29 is 8.78 Å². The summed E-state index contributed by atoms with van der Waals surface area (Å²) in [7, 11) is 0. The van der Waals surface area contributed by atoms with E-state index in [0.29, 0.717) is 12.1 Å². The second-order valence-corrected chi connectivity index (χ2v) is 5.64. The first-order valence-electron chi connectivity index (χ1n) is 5.57. The lowest BCUT2D eigenvalue weighted by Crippen LogP contribution is -2.08. The van der Waals surface area contributed by atoms with Gasteiger partial charge in [-0.2, -0.15) is 0 Å². The Labute approximate surface area is 101 Å². The van der Waals surface area contributed by atoms with Crippen LogP contribution in [0.15, 0.2) is 18.2 Å². The number of alkyl halides is 2. The van der Waals surface area contributed by atoms with Crippen molar-refractivity contribution in [3.63, 3.8) is 0 Å². The highest BCUT2D eigenvalue weighted by atomic mass is 32.1. The predicted molar refractivity (Wildman–Crippen MR) is 65.6 cm³/mol. The minimum absolute atomic E-state index is 0.0181. The number of halogens is 2. The van der Waals surface area contributed by atoms with E-state index in [1.165, 1.54) is 11.3 Å². The Hall–Kier alpha value is -1.23. The molecule has 2 nitrogen and oxygen atoms in total. The average molecular weight is 254 g/mol. The first-order chi connectivity index (χ1) is 8.03. The Bertz CT molecular complexity index is 565. The molecule has 1 heterocycles. The van der Waals surface area contributed by atoms with Gasteiger partial charge in [0.2, 0.25) is 5.92 Å².